The first-order valence-corrected chi connectivity index (χ1v) is 24.0. The number of aliphatic hydroxyl groups is 6. The molecule has 0 bridgehead atoms. The highest BCUT2D eigenvalue weighted by molar-refractivity contribution is 5.26. The molecule has 1 spiro atoms. The first kappa shape index (κ1) is 47.2. The van der Waals surface area contributed by atoms with Crippen LogP contribution in [0, 0.1) is 46.3 Å². The van der Waals surface area contributed by atoms with Gasteiger partial charge < -0.3 is 78.0 Å². The van der Waals surface area contributed by atoms with E-state index in [1.54, 1.807) is 13.8 Å². The van der Waals surface area contributed by atoms with Gasteiger partial charge in [0, 0.05) is 26.6 Å². The van der Waals surface area contributed by atoms with Crippen LogP contribution in [-0.2, 0) is 47.4 Å². The van der Waals surface area contributed by atoms with Gasteiger partial charge >= 0.3 is 0 Å². The lowest BCUT2D eigenvalue weighted by Crippen LogP contribution is -2.67. The summed E-state index contributed by atoms with van der Waals surface area (Å²) in [7, 11) is 2.81. The van der Waals surface area contributed by atoms with E-state index >= 15 is 0 Å². The molecule has 8 fully saturated rings. The molecule has 26 atom stereocenters. The number of aliphatic hydroxyl groups excluding tert-OH is 6. The van der Waals surface area contributed by atoms with Crippen LogP contribution in [0.2, 0.25) is 0 Å². The minimum absolute atomic E-state index is 0.0157. The van der Waals surface area contributed by atoms with Gasteiger partial charge in [-0.1, -0.05) is 39.3 Å². The zero-order valence-electron chi connectivity index (χ0n) is 38.4. The lowest BCUT2D eigenvalue weighted by molar-refractivity contribution is -0.390. The molecule has 9 rings (SSSR count). The molecule has 16 heteroatoms. The molecular weight excluding hydrogens is 821 g/mol. The molecule has 6 N–H and O–H groups in total. The molecule has 63 heavy (non-hydrogen) atoms. The topological polar surface area (TPSA) is 214 Å². The van der Waals surface area contributed by atoms with Crippen LogP contribution in [0.5, 0.6) is 0 Å². The first-order chi connectivity index (χ1) is 30.0. The van der Waals surface area contributed by atoms with Crippen LogP contribution in [0.25, 0.3) is 0 Å². The highest BCUT2D eigenvalue weighted by atomic mass is 16.8. The summed E-state index contributed by atoms with van der Waals surface area (Å²) >= 11 is 0. The predicted octanol–water partition coefficient (Wildman–Crippen LogP) is 2.55. The Labute approximate surface area is 372 Å². The SMILES string of the molecule is CO[C@H]1[C@H](O)[C@@H](C)OC(O[C@H]2[C@H](OC)[C@@H](OC3O[C@H](C)[C@@H](O)[C@H](O)[C@@H]3O)C(O[C@H]3CC[C@@]4(C)C(=CC[C@H]5[C@@H]6C[C@@H]7O[C@]8(CC[C@@H](C)CO8)[C@@H](C)[C@@H]7[C@@]6(C)CC[C@@H]54)C3)O[C@@H]2CO)[C@H]1O. The normalized spacial score (nSPS) is 56.9. The quantitative estimate of drug-likeness (QED) is 0.184. The summed E-state index contributed by atoms with van der Waals surface area (Å²) in [6.45, 7) is 13.1. The highest BCUT2D eigenvalue weighted by Gasteiger charge is 2.69. The Morgan fingerprint density at radius 1 is 0.698 bits per heavy atom. The molecule has 0 amide bonds. The van der Waals surface area contributed by atoms with Gasteiger partial charge in [0.25, 0.3) is 0 Å². The van der Waals surface area contributed by atoms with E-state index in [0.717, 1.165) is 45.1 Å². The molecule has 5 saturated heterocycles. The molecule has 5 aliphatic heterocycles. The van der Waals surface area contributed by atoms with Gasteiger partial charge in [0.15, 0.2) is 24.7 Å². The van der Waals surface area contributed by atoms with Gasteiger partial charge in [0.1, 0.15) is 61.0 Å². The highest BCUT2D eigenvalue weighted by Crippen LogP contribution is 2.70. The van der Waals surface area contributed by atoms with Crippen LogP contribution in [0.15, 0.2) is 11.6 Å². The molecule has 9 aliphatic rings. The van der Waals surface area contributed by atoms with E-state index in [-0.39, 0.29) is 23.0 Å². The summed E-state index contributed by atoms with van der Waals surface area (Å²) < 4.78 is 63.0. The molecule has 5 heterocycles. The van der Waals surface area contributed by atoms with E-state index in [9.17, 15) is 30.6 Å². The van der Waals surface area contributed by atoms with Gasteiger partial charge in [0.05, 0.1) is 37.6 Å². The predicted molar refractivity (Wildman–Crippen MR) is 222 cm³/mol. The fraction of sp³-hybridized carbons (Fsp3) is 0.957. The number of hydrogen-bond donors (Lipinski definition) is 6. The second-order valence-corrected chi connectivity index (χ2v) is 21.5. The zero-order chi connectivity index (χ0) is 44.9. The number of methoxy groups -OCH3 is 2. The standard InChI is InChI=1S/C47H76O16/c1-21-11-16-47(56-20-21)22(2)32-30(63-47)18-29-27-10-9-25-17-26(12-14-45(25,5)28(27)13-15-46(29,32)6)59-44-41(62-42-36(52)35(51)33(49)23(3)57-42)40(55-8)38(31(19-48)60-44)61-43-37(53)39(54-7)34(50)24(4)58-43/h9,21-24,26-44,48-53H,10-20H2,1-8H3/t21-,22+,23-,24-,26+,27-,28+,29+,30+,31-,32+,33-,34-,35+,36+,37+,38-,39+,40+,41-,42?,43?,44?,45+,46+,47-/m1/s1. The van der Waals surface area contributed by atoms with Crippen molar-refractivity contribution in [1.29, 1.82) is 0 Å². The summed E-state index contributed by atoms with van der Waals surface area (Å²) in [6.07, 6.45) is -6.63. The minimum atomic E-state index is -1.63. The van der Waals surface area contributed by atoms with Gasteiger partial charge in [0.2, 0.25) is 0 Å². The van der Waals surface area contributed by atoms with Crippen molar-refractivity contribution >= 4 is 0 Å². The Hall–Kier alpha value is -0.900. The summed E-state index contributed by atoms with van der Waals surface area (Å²) in [5.74, 6) is 2.76. The Morgan fingerprint density at radius 2 is 1.40 bits per heavy atom. The molecule has 3 unspecified atom stereocenters. The van der Waals surface area contributed by atoms with Crippen LogP contribution in [0.3, 0.4) is 0 Å². The fourth-order valence-corrected chi connectivity index (χ4v) is 14.5. The van der Waals surface area contributed by atoms with Crippen molar-refractivity contribution in [2.45, 2.75) is 209 Å². The van der Waals surface area contributed by atoms with Crippen molar-refractivity contribution in [2.24, 2.45) is 46.3 Å². The third-order valence-electron chi connectivity index (χ3n) is 18.1. The molecule has 4 aliphatic carbocycles. The molecule has 0 aromatic heterocycles. The van der Waals surface area contributed by atoms with E-state index < -0.39 is 105 Å². The summed E-state index contributed by atoms with van der Waals surface area (Å²) in [4.78, 5) is 0. The van der Waals surface area contributed by atoms with E-state index in [1.165, 1.54) is 32.6 Å². The summed E-state index contributed by atoms with van der Waals surface area (Å²) in [6, 6.07) is 0. The van der Waals surface area contributed by atoms with Crippen molar-refractivity contribution in [2.75, 3.05) is 27.4 Å². The molecule has 360 valence electrons. The van der Waals surface area contributed by atoms with E-state index in [2.05, 4.69) is 33.8 Å². The third-order valence-corrected chi connectivity index (χ3v) is 18.1. The van der Waals surface area contributed by atoms with Gasteiger partial charge in [-0.2, -0.15) is 0 Å². The number of allylic oxidation sites excluding steroid dienone is 1. The number of fused-ring (bicyclic) bond motifs is 7. The van der Waals surface area contributed by atoms with E-state index in [1.807, 2.05) is 0 Å². The van der Waals surface area contributed by atoms with Crippen molar-refractivity contribution in [3.8, 4) is 0 Å². The van der Waals surface area contributed by atoms with Crippen molar-refractivity contribution in [1.82, 2.24) is 0 Å². The molecule has 16 nitrogen and oxygen atoms in total. The Morgan fingerprint density at radius 3 is 2.08 bits per heavy atom. The smallest absolute Gasteiger partial charge is 0.187 e. The van der Waals surface area contributed by atoms with Gasteiger partial charge in [-0.15, -0.1) is 0 Å². The van der Waals surface area contributed by atoms with Gasteiger partial charge in [-0.05, 0) is 106 Å². The van der Waals surface area contributed by atoms with E-state index in [0.29, 0.717) is 41.9 Å². The van der Waals surface area contributed by atoms with Gasteiger partial charge in [-0.25, -0.2) is 0 Å². The van der Waals surface area contributed by atoms with Crippen LogP contribution < -0.4 is 0 Å². The van der Waals surface area contributed by atoms with Crippen LogP contribution in [0.1, 0.15) is 99.3 Å². The fourth-order valence-electron chi connectivity index (χ4n) is 14.5. The van der Waals surface area contributed by atoms with Crippen molar-refractivity contribution in [3.63, 3.8) is 0 Å². The number of hydrogen-bond acceptors (Lipinski definition) is 16. The maximum absolute atomic E-state index is 11.2. The van der Waals surface area contributed by atoms with E-state index in [4.69, 9.17) is 47.4 Å². The molecule has 0 aromatic carbocycles. The lowest BCUT2D eigenvalue weighted by atomic mass is 9.47. The van der Waals surface area contributed by atoms with Crippen molar-refractivity contribution in [3.05, 3.63) is 11.6 Å². The van der Waals surface area contributed by atoms with Gasteiger partial charge in [-0.3, -0.25) is 0 Å². The Kier molecular flexibility index (Phi) is 13.4. The number of rotatable bonds is 9. The number of ether oxygens (including phenoxy) is 10. The molecule has 0 aromatic rings. The lowest BCUT2D eigenvalue weighted by Gasteiger charge is -2.59. The van der Waals surface area contributed by atoms with Crippen molar-refractivity contribution < 1.29 is 78.0 Å². The molecule has 3 saturated carbocycles. The van der Waals surface area contributed by atoms with Crippen LogP contribution in [0.4, 0.5) is 0 Å². The second kappa shape index (κ2) is 17.9. The molecular formula is C47H76O16. The zero-order valence-corrected chi connectivity index (χ0v) is 38.4. The maximum Gasteiger partial charge on any atom is 0.187 e. The minimum Gasteiger partial charge on any atom is -0.394 e. The monoisotopic (exact) mass is 897 g/mol. The summed E-state index contributed by atoms with van der Waals surface area (Å²) in [5, 5.41) is 64.8. The average molecular weight is 897 g/mol. The summed E-state index contributed by atoms with van der Waals surface area (Å²) in [5.41, 5.74) is 1.63. The average Bonchev–Trinajstić information content (AvgIpc) is 3.71. The van der Waals surface area contributed by atoms with Crippen LogP contribution in [-0.4, -0.2) is 168 Å². The third kappa shape index (κ3) is 7.83. The first-order valence-electron chi connectivity index (χ1n) is 24.0. The molecule has 0 radical (unpaired) electrons. The Balaban J connectivity index is 0.930. The second-order valence-electron chi connectivity index (χ2n) is 21.5. The van der Waals surface area contributed by atoms with Crippen LogP contribution >= 0.6 is 0 Å². The largest absolute Gasteiger partial charge is 0.394 e. The maximum atomic E-state index is 11.2. The Bertz CT molecular complexity index is 1630.